The summed E-state index contributed by atoms with van der Waals surface area (Å²) in [6.45, 7) is 5.94. The van der Waals surface area contributed by atoms with E-state index in [4.69, 9.17) is 9.72 Å². The zero-order chi connectivity index (χ0) is 29.6. The number of amides is 3. The standard InChI is InChI=1S/C30H38N8O4/c1-30(2,3)42-29(41)37-20-9-10-22(37)17-36(25(39)14-20)21-11-12-24(32-16-21)34-28-33-15-18-13-23(27(40)31-4)38(26(18)35-28)19-7-5-6-8-19/h11-13,15-16,19-20,22H,5-10,14,17H2,1-4H3,(H,31,40)(H,32,33,34,35)/t20-,22+/m0/s1. The lowest BCUT2D eigenvalue weighted by Crippen LogP contribution is -2.45. The van der Waals surface area contributed by atoms with Gasteiger partial charge in [-0.2, -0.15) is 4.98 Å². The van der Waals surface area contributed by atoms with Gasteiger partial charge in [0.1, 0.15) is 22.8 Å². The summed E-state index contributed by atoms with van der Waals surface area (Å²) in [6, 6.07) is 5.44. The van der Waals surface area contributed by atoms with Gasteiger partial charge in [0, 0.05) is 43.7 Å². The van der Waals surface area contributed by atoms with Gasteiger partial charge in [-0.15, -0.1) is 0 Å². The van der Waals surface area contributed by atoms with E-state index in [0.717, 1.165) is 49.6 Å². The van der Waals surface area contributed by atoms with Crippen molar-refractivity contribution in [2.45, 2.75) is 89.4 Å². The number of nitrogens with zero attached hydrogens (tertiary/aromatic N) is 6. The number of carbonyl (C=O) groups excluding carboxylic acids is 3. The van der Waals surface area contributed by atoms with Crippen LogP contribution in [0.15, 0.2) is 30.6 Å². The number of ether oxygens (including phenoxy) is 1. The van der Waals surface area contributed by atoms with E-state index in [2.05, 4.69) is 20.6 Å². The molecule has 2 N–H and O–H groups in total. The Labute approximate surface area is 244 Å². The lowest BCUT2D eigenvalue weighted by atomic mass is 10.1. The second-order valence-electron chi connectivity index (χ2n) is 12.4. The van der Waals surface area contributed by atoms with Gasteiger partial charge in [-0.25, -0.2) is 14.8 Å². The molecule has 3 aliphatic rings. The smallest absolute Gasteiger partial charge is 0.410 e. The second kappa shape index (κ2) is 10.9. The Hall–Kier alpha value is -4.22. The Kier molecular flexibility index (Phi) is 7.24. The number of aromatic nitrogens is 4. The maximum atomic E-state index is 13.2. The van der Waals surface area contributed by atoms with E-state index in [0.29, 0.717) is 29.7 Å². The van der Waals surface area contributed by atoms with Crippen LogP contribution in [0.4, 0.5) is 22.2 Å². The molecule has 0 unspecified atom stereocenters. The van der Waals surface area contributed by atoms with Crippen molar-refractivity contribution in [3.63, 3.8) is 0 Å². The number of nitrogens with one attached hydrogen (secondary N) is 2. The van der Waals surface area contributed by atoms with Gasteiger partial charge in [0.05, 0.1) is 17.9 Å². The van der Waals surface area contributed by atoms with Crippen LogP contribution >= 0.6 is 0 Å². The molecule has 3 aromatic rings. The minimum Gasteiger partial charge on any atom is -0.444 e. The lowest BCUT2D eigenvalue weighted by molar-refractivity contribution is -0.119. The third-order valence-electron chi connectivity index (χ3n) is 8.35. The summed E-state index contributed by atoms with van der Waals surface area (Å²) in [6.07, 6.45) is 9.16. The third-order valence-corrected chi connectivity index (χ3v) is 8.35. The van der Waals surface area contributed by atoms with Gasteiger partial charge in [-0.1, -0.05) is 12.8 Å². The van der Waals surface area contributed by atoms with Crippen LogP contribution in [0.3, 0.4) is 0 Å². The van der Waals surface area contributed by atoms with Crippen LogP contribution in [-0.2, 0) is 9.53 Å². The van der Waals surface area contributed by atoms with Gasteiger partial charge in [-0.05, 0) is 64.7 Å². The molecule has 2 aliphatic heterocycles. The highest BCUT2D eigenvalue weighted by Crippen LogP contribution is 2.36. The average molecular weight is 575 g/mol. The summed E-state index contributed by atoms with van der Waals surface area (Å²) < 4.78 is 7.69. The Bertz CT molecular complexity index is 1510. The number of rotatable bonds is 5. The molecule has 0 aromatic carbocycles. The Morgan fingerprint density at radius 3 is 2.45 bits per heavy atom. The van der Waals surface area contributed by atoms with Gasteiger partial charge in [0.15, 0.2) is 0 Å². The molecule has 3 fully saturated rings. The first-order valence-electron chi connectivity index (χ1n) is 14.8. The van der Waals surface area contributed by atoms with Gasteiger partial charge in [-0.3, -0.25) is 14.5 Å². The number of carbonyl (C=O) groups is 3. The van der Waals surface area contributed by atoms with Gasteiger partial charge >= 0.3 is 6.09 Å². The Morgan fingerprint density at radius 1 is 1.00 bits per heavy atom. The maximum absolute atomic E-state index is 13.2. The Balaban J connectivity index is 1.20. The fraction of sp³-hybridized carbons (Fsp3) is 0.533. The molecular weight excluding hydrogens is 536 g/mol. The van der Waals surface area contributed by atoms with Crippen LogP contribution in [0, 0.1) is 0 Å². The first-order chi connectivity index (χ1) is 20.1. The maximum Gasteiger partial charge on any atom is 0.410 e. The fourth-order valence-corrected chi connectivity index (χ4v) is 6.46. The van der Waals surface area contributed by atoms with Gasteiger partial charge in [0.2, 0.25) is 11.9 Å². The molecule has 2 bridgehead atoms. The molecule has 12 heteroatoms. The zero-order valence-corrected chi connectivity index (χ0v) is 24.6. The van der Waals surface area contributed by atoms with E-state index in [9.17, 15) is 14.4 Å². The van der Waals surface area contributed by atoms with Crippen molar-refractivity contribution in [3.05, 3.63) is 36.3 Å². The van der Waals surface area contributed by atoms with Crippen LogP contribution in [0.25, 0.3) is 11.0 Å². The third kappa shape index (κ3) is 5.37. The highest BCUT2D eigenvalue weighted by molar-refractivity contribution is 5.98. The largest absolute Gasteiger partial charge is 0.444 e. The van der Waals surface area contributed by atoms with Crippen LogP contribution < -0.4 is 15.5 Å². The van der Waals surface area contributed by atoms with Crippen molar-refractivity contribution in [2.24, 2.45) is 0 Å². The van der Waals surface area contributed by atoms with Crippen LogP contribution in [-0.4, -0.2) is 73.6 Å². The second-order valence-corrected chi connectivity index (χ2v) is 12.4. The molecular formula is C30H38N8O4. The lowest BCUT2D eigenvalue weighted by Gasteiger charge is -2.31. The summed E-state index contributed by atoms with van der Waals surface area (Å²) in [4.78, 5) is 56.1. The van der Waals surface area contributed by atoms with Crippen LogP contribution in [0.2, 0.25) is 0 Å². The molecule has 222 valence electrons. The number of pyridine rings is 1. The van der Waals surface area contributed by atoms with Crippen LogP contribution in [0.1, 0.15) is 82.2 Å². The number of fused-ring (bicyclic) bond motifs is 3. The monoisotopic (exact) mass is 574 g/mol. The molecule has 2 atom stereocenters. The van der Waals surface area contributed by atoms with E-state index >= 15 is 0 Å². The average Bonchev–Trinajstić information content (AvgIpc) is 3.67. The van der Waals surface area contributed by atoms with E-state index in [-0.39, 0.29) is 42.5 Å². The Morgan fingerprint density at radius 2 is 1.76 bits per heavy atom. The van der Waals surface area contributed by atoms with Crippen molar-refractivity contribution in [3.8, 4) is 0 Å². The molecule has 12 nitrogen and oxygen atoms in total. The number of anilines is 3. The fourth-order valence-electron chi connectivity index (χ4n) is 6.46. The minimum atomic E-state index is -0.598. The van der Waals surface area contributed by atoms with Crippen molar-refractivity contribution in [2.75, 3.05) is 23.8 Å². The van der Waals surface area contributed by atoms with Crippen molar-refractivity contribution >= 4 is 46.4 Å². The van der Waals surface area contributed by atoms with Crippen molar-refractivity contribution in [1.82, 2.24) is 29.7 Å². The molecule has 3 amide bonds. The predicted molar refractivity (Wildman–Crippen MR) is 158 cm³/mol. The minimum absolute atomic E-state index is 0.0355. The summed E-state index contributed by atoms with van der Waals surface area (Å²) in [5, 5.41) is 6.72. The predicted octanol–water partition coefficient (Wildman–Crippen LogP) is 4.55. The molecule has 0 spiro atoms. The van der Waals surface area contributed by atoms with Crippen molar-refractivity contribution in [1.29, 1.82) is 0 Å². The summed E-state index contributed by atoms with van der Waals surface area (Å²) >= 11 is 0. The van der Waals surface area contributed by atoms with E-state index in [1.807, 2.05) is 37.5 Å². The molecule has 1 saturated carbocycles. The highest BCUT2D eigenvalue weighted by atomic mass is 16.6. The molecule has 2 saturated heterocycles. The molecule has 3 aromatic heterocycles. The summed E-state index contributed by atoms with van der Waals surface area (Å²) in [5.41, 5.74) is 1.38. The molecule has 42 heavy (non-hydrogen) atoms. The van der Waals surface area contributed by atoms with Gasteiger partial charge < -0.3 is 24.8 Å². The first kappa shape index (κ1) is 27.9. The van der Waals surface area contributed by atoms with E-state index in [1.165, 1.54) is 0 Å². The first-order valence-corrected chi connectivity index (χ1v) is 14.8. The summed E-state index contributed by atoms with van der Waals surface area (Å²) in [5.74, 6) is 0.728. The molecule has 0 radical (unpaired) electrons. The number of hydrogen-bond acceptors (Lipinski definition) is 8. The van der Waals surface area contributed by atoms with E-state index < -0.39 is 5.60 Å². The highest BCUT2D eigenvalue weighted by Gasteiger charge is 2.44. The van der Waals surface area contributed by atoms with Gasteiger partial charge in [0.25, 0.3) is 5.91 Å². The quantitative estimate of drug-likeness (QED) is 0.453. The molecule has 6 rings (SSSR count). The normalized spacial score (nSPS) is 21.1. The molecule has 5 heterocycles. The SMILES string of the molecule is CNC(=O)c1cc2cnc(Nc3ccc(N4C[C@H]5CC[C@@H](CC4=O)N5C(=O)OC(C)(C)C)cn3)nc2n1C1CCCC1. The van der Waals surface area contributed by atoms with Crippen molar-refractivity contribution < 1.29 is 19.1 Å². The molecule has 1 aliphatic carbocycles. The zero-order valence-electron chi connectivity index (χ0n) is 24.6. The number of hydrogen-bond donors (Lipinski definition) is 2. The summed E-state index contributed by atoms with van der Waals surface area (Å²) in [7, 11) is 1.63. The van der Waals surface area contributed by atoms with Crippen LogP contribution in [0.5, 0.6) is 0 Å². The van der Waals surface area contributed by atoms with E-state index in [1.54, 1.807) is 35.3 Å². The topological polar surface area (TPSA) is 135 Å².